The van der Waals surface area contributed by atoms with E-state index < -0.39 is 0 Å². The van der Waals surface area contributed by atoms with Crippen LogP contribution in [0.15, 0.2) is 36.7 Å². The van der Waals surface area contributed by atoms with Gasteiger partial charge in [0.15, 0.2) is 5.65 Å². The lowest BCUT2D eigenvalue weighted by molar-refractivity contribution is -0.000318. The average Bonchev–Trinajstić information content (AvgIpc) is 3.25. The van der Waals surface area contributed by atoms with Gasteiger partial charge in [0, 0.05) is 55.1 Å². The van der Waals surface area contributed by atoms with Crippen LogP contribution >= 0.6 is 0 Å². The Morgan fingerprint density at radius 3 is 2.88 bits per heavy atom. The topological polar surface area (TPSA) is 99.6 Å². The highest BCUT2D eigenvalue weighted by Crippen LogP contribution is 2.27. The molecular formula is C23H24BFN6O2. The van der Waals surface area contributed by atoms with E-state index >= 15 is 0 Å². The molecule has 0 saturated carbocycles. The second-order valence-electron chi connectivity index (χ2n) is 8.39. The van der Waals surface area contributed by atoms with E-state index in [9.17, 15) is 4.39 Å². The second kappa shape index (κ2) is 8.70. The molecule has 4 heterocycles. The van der Waals surface area contributed by atoms with Crippen LogP contribution < -0.4 is 16.5 Å². The number of halogens is 1. The molecule has 4 aromatic rings. The first kappa shape index (κ1) is 21.8. The fraction of sp³-hybridized carbons (Fsp3) is 0.348. The number of methoxy groups -OCH3 is 1. The minimum absolute atomic E-state index is 0.211. The molecule has 1 aliphatic rings. The van der Waals surface area contributed by atoms with Gasteiger partial charge >= 0.3 is 0 Å². The lowest BCUT2D eigenvalue weighted by Crippen LogP contribution is -2.52. The van der Waals surface area contributed by atoms with Gasteiger partial charge in [-0.05, 0) is 42.6 Å². The van der Waals surface area contributed by atoms with Gasteiger partial charge in [0.1, 0.15) is 19.5 Å². The number of hydrogen-bond donors (Lipinski definition) is 2. The van der Waals surface area contributed by atoms with Gasteiger partial charge < -0.3 is 20.5 Å². The van der Waals surface area contributed by atoms with Crippen molar-refractivity contribution >= 4 is 35.7 Å². The molecule has 168 valence electrons. The number of nitrogens with zero attached hydrogens (tertiary/aromatic N) is 4. The van der Waals surface area contributed by atoms with Gasteiger partial charge in [0.25, 0.3) is 0 Å². The average molecular weight is 446 g/mol. The van der Waals surface area contributed by atoms with E-state index in [-0.39, 0.29) is 11.4 Å². The molecule has 0 aliphatic carbocycles. The van der Waals surface area contributed by atoms with Crippen molar-refractivity contribution in [1.29, 1.82) is 0 Å². The van der Waals surface area contributed by atoms with Crippen molar-refractivity contribution in [2.75, 3.05) is 32.7 Å². The Bertz CT molecular complexity index is 1320. The number of pyridine rings is 1. The van der Waals surface area contributed by atoms with Crippen LogP contribution in [0.2, 0.25) is 0 Å². The minimum Gasteiger partial charge on any atom is -0.384 e. The van der Waals surface area contributed by atoms with Crippen LogP contribution in [-0.4, -0.2) is 59.9 Å². The van der Waals surface area contributed by atoms with Crippen LogP contribution in [0.5, 0.6) is 0 Å². The summed E-state index contributed by atoms with van der Waals surface area (Å²) in [7, 11) is 8.01. The molecule has 0 spiro atoms. The van der Waals surface area contributed by atoms with Crippen LogP contribution in [0.1, 0.15) is 18.5 Å². The van der Waals surface area contributed by atoms with Crippen LogP contribution in [0.4, 0.5) is 10.2 Å². The molecule has 0 atom stereocenters. The molecular weight excluding hydrogens is 422 g/mol. The van der Waals surface area contributed by atoms with Crippen molar-refractivity contribution in [3.8, 4) is 11.1 Å². The molecule has 1 saturated heterocycles. The number of fused-ring (bicyclic) bond motifs is 2. The zero-order chi connectivity index (χ0) is 23.0. The number of ether oxygens (including phenoxy) is 2. The number of nitrogens with two attached hydrogens (primary N) is 1. The van der Waals surface area contributed by atoms with Gasteiger partial charge in [0.2, 0.25) is 0 Å². The fourth-order valence-corrected chi connectivity index (χ4v) is 4.35. The summed E-state index contributed by atoms with van der Waals surface area (Å²) >= 11 is 0. The largest absolute Gasteiger partial charge is 0.384 e. The summed E-state index contributed by atoms with van der Waals surface area (Å²) in [4.78, 5) is 9.25. The number of anilines is 1. The third-order valence-electron chi connectivity index (χ3n) is 6.26. The number of rotatable bonds is 6. The van der Waals surface area contributed by atoms with Crippen molar-refractivity contribution in [3.05, 3.63) is 48.2 Å². The van der Waals surface area contributed by atoms with Crippen LogP contribution in [-0.2, 0) is 16.0 Å². The SMILES string of the molecule is [B]c1c(CNC2(COC)CCOCC2)nc2c(-c3cnc4ccc(F)cc4c3)cnn2c1N. The molecule has 0 unspecified atom stereocenters. The molecule has 3 N–H and O–H groups in total. The third-order valence-corrected chi connectivity index (χ3v) is 6.26. The molecule has 10 heteroatoms. The number of benzene rings is 1. The molecule has 3 aromatic heterocycles. The number of nitrogens with one attached hydrogen (secondary N) is 1. The minimum atomic E-state index is -0.317. The first-order chi connectivity index (χ1) is 16.0. The zero-order valence-electron chi connectivity index (χ0n) is 18.3. The molecule has 1 aromatic carbocycles. The van der Waals surface area contributed by atoms with Gasteiger partial charge in [-0.2, -0.15) is 9.61 Å². The highest BCUT2D eigenvalue weighted by Gasteiger charge is 2.32. The predicted octanol–water partition coefficient (Wildman–Crippen LogP) is 1.74. The van der Waals surface area contributed by atoms with Crippen molar-refractivity contribution in [2.45, 2.75) is 24.9 Å². The molecule has 1 aliphatic heterocycles. The van der Waals surface area contributed by atoms with E-state index in [1.807, 2.05) is 6.07 Å². The summed E-state index contributed by atoms with van der Waals surface area (Å²) in [5.41, 5.74) is 9.88. The normalized spacial score (nSPS) is 15.9. The summed E-state index contributed by atoms with van der Waals surface area (Å²) in [6, 6.07) is 6.36. The molecule has 2 radical (unpaired) electrons. The summed E-state index contributed by atoms with van der Waals surface area (Å²) in [6.45, 7) is 2.32. The Balaban J connectivity index is 1.52. The first-order valence-corrected chi connectivity index (χ1v) is 10.8. The maximum Gasteiger partial charge on any atom is 0.165 e. The van der Waals surface area contributed by atoms with E-state index in [4.69, 9.17) is 28.0 Å². The Morgan fingerprint density at radius 1 is 1.27 bits per heavy atom. The third kappa shape index (κ3) is 4.05. The van der Waals surface area contributed by atoms with Crippen molar-refractivity contribution < 1.29 is 13.9 Å². The standard InChI is InChI=1S/C23H24BFN6O2/c1-32-13-23(4-6-33-7-5-23)28-12-19-20(24)21(26)31-22(30-19)17(11-29-31)15-8-14-9-16(25)2-3-18(14)27-10-15/h2-3,8-11,28H,4-7,12-13,26H2,1H3. The van der Waals surface area contributed by atoms with Crippen LogP contribution in [0, 0.1) is 5.82 Å². The fourth-order valence-electron chi connectivity index (χ4n) is 4.35. The molecule has 33 heavy (non-hydrogen) atoms. The Hall–Kier alpha value is -3.08. The smallest absolute Gasteiger partial charge is 0.165 e. The van der Waals surface area contributed by atoms with E-state index in [1.54, 1.807) is 25.6 Å². The summed E-state index contributed by atoms with van der Waals surface area (Å²) in [5, 5.41) is 8.65. The van der Waals surface area contributed by atoms with E-state index in [2.05, 4.69) is 15.4 Å². The number of hydrogen-bond acceptors (Lipinski definition) is 7. The van der Waals surface area contributed by atoms with Crippen molar-refractivity contribution in [3.63, 3.8) is 0 Å². The van der Waals surface area contributed by atoms with Gasteiger partial charge in [-0.3, -0.25) is 4.98 Å². The van der Waals surface area contributed by atoms with Crippen LogP contribution in [0.3, 0.4) is 0 Å². The van der Waals surface area contributed by atoms with Gasteiger partial charge in [-0.1, -0.05) is 0 Å². The van der Waals surface area contributed by atoms with Gasteiger partial charge in [-0.25, -0.2) is 9.37 Å². The predicted molar refractivity (Wildman–Crippen MR) is 125 cm³/mol. The summed E-state index contributed by atoms with van der Waals surface area (Å²) < 4.78 is 26.2. The summed E-state index contributed by atoms with van der Waals surface area (Å²) in [5.74, 6) is -0.00136. The number of aromatic nitrogens is 4. The monoisotopic (exact) mass is 446 g/mol. The van der Waals surface area contributed by atoms with E-state index in [0.717, 1.165) is 24.0 Å². The maximum atomic E-state index is 13.7. The molecule has 5 rings (SSSR count). The molecule has 0 amide bonds. The van der Waals surface area contributed by atoms with Crippen molar-refractivity contribution in [2.24, 2.45) is 0 Å². The lowest BCUT2D eigenvalue weighted by Gasteiger charge is -2.37. The van der Waals surface area contributed by atoms with Crippen LogP contribution in [0.25, 0.3) is 27.7 Å². The summed E-state index contributed by atoms with van der Waals surface area (Å²) in [6.07, 6.45) is 5.05. The Labute approximate surface area is 191 Å². The Morgan fingerprint density at radius 2 is 2.09 bits per heavy atom. The van der Waals surface area contributed by atoms with E-state index in [0.29, 0.717) is 59.9 Å². The highest BCUT2D eigenvalue weighted by atomic mass is 19.1. The maximum absolute atomic E-state index is 13.7. The van der Waals surface area contributed by atoms with Crippen molar-refractivity contribution in [1.82, 2.24) is 24.9 Å². The first-order valence-electron chi connectivity index (χ1n) is 10.8. The van der Waals surface area contributed by atoms with Gasteiger partial charge in [0.05, 0.1) is 24.0 Å². The number of nitrogen functional groups attached to an aromatic ring is 1. The Kier molecular flexibility index (Phi) is 5.73. The zero-order valence-corrected chi connectivity index (χ0v) is 18.3. The highest BCUT2D eigenvalue weighted by molar-refractivity contribution is 6.36. The molecule has 1 fully saturated rings. The second-order valence-corrected chi connectivity index (χ2v) is 8.39. The molecule has 0 bridgehead atoms. The molecule has 8 nitrogen and oxygen atoms in total. The van der Waals surface area contributed by atoms with Gasteiger partial charge in [-0.15, -0.1) is 0 Å². The van der Waals surface area contributed by atoms with E-state index in [1.165, 1.54) is 16.6 Å². The lowest BCUT2D eigenvalue weighted by atomic mass is 9.89. The quantitative estimate of drug-likeness (QED) is 0.436.